The standard InChI is InChI=1S/C13H18FN3O2/c1-3-8-10(14)11(16-7-15-8)17-9-5-4-6-13(9,2)12(18)19/h7,9H,3-6H2,1-2H3,(H,18,19)(H,15,16,17). The van der Waals surface area contributed by atoms with Crippen molar-refractivity contribution in [1.29, 1.82) is 0 Å². The van der Waals surface area contributed by atoms with Crippen molar-refractivity contribution in [2.75, 3.05) is 5.32 Å². The van der Waals surface area contributed by atoms with Crippen molar-refractivity contribution in [3.8, 4) is 0 Å². The van der Waals surface area contributed by atoms with Gasteiger partial charge in [0.05, 0.1) is 11.1 Å². The molecule has 5 nitrogen and oxygen atoms in total. The molecule has 1 saturated carbocycles. The monoisotopic (exact) mass is 267 g/mol. The molecule has 1 aliphatic rings. The molecule has 2 rings (SSSR count). The van der Waals surface area contributed by atoms with Crippen LogP contribution in [0, 0.1) is 11.2 Å². The van der Waals surface area contributed by atoms with Crippen molar-refractivity contribution >= 4 is 11.8 Å². The van der Waals surface area contributed by atoms with Crippen molar-refractivity contribution in [3.63, 3.8) is 0 Å². The number of nitrogens with zero attached hydrogens (tertiary/aromatic N) is 2. The van der Waals surface area contributed by atoms with Gasteiger partial charge < -0.3 is 10.4 Å². The van der Waals surface area contributed by atoms with Crippen LogP contribution in [0.3, 0.4) is 0 Å². The van der Waals surface area contributed by atoms with Gasteiger partial charge in [-0.25, -0.2) is 14.4 Å². The fourth-order valence-electron chi connectivity index (χ4n) is 2.57. The molecule has 0 bridgehead atoms. The molecular formula is C13H18FN3O2. The number of aliphatic carboxylic acids is 1. The summed E-state index contributed by atoms with van der Waals surface area (Å²) < 4.78 is 14.0. The molecular weight excluding hydrogens is 249 g/mol. The predicted molar refractivity (Wildman–Crippen MR) is 68.4 cm³/mol. The highest BCUT2D eigenvalue weighted by molar-refractivity contribution is 5.76. The molecule has 0 saturated heterocycles. The van der Waals surface area contributed by atoms with E-state index in [1.54, 1.807) is 6.92 Å². The van der Waals surface area contributed by atoms with E-state index in [1.165, 1.54) is 6.33 Å². The average molecular weight is 267 g/mol. The molecule has 0 aromatic carbocycles. The van der Waals surface area contributed by atoms with Crippen LogP contribution in [0.2, 0.25) is 0 Å². The number of rotatable bonds is 4. The van der Waals surface area contributed by atoms with Gasteiger partial charge in [0.1, 0.15) is 6.33 Å². The van der Waals surface area contributed by atoms with Gasteiger partial charge in [-0.3, -0.25) is 4.79 Å². The third-order valence-corrected chi connectivity index (χ3v) is 3.95. The SMILES string of the molecule is CCc1ncnc(NC2CCCC2(C)C(=O)O)c1F. The lowest BCUT2D eigenvalue weighted by Gasteiger charge is -2.28. The molecule has 1 aliphatic carbocycles. The first-order valence-electron chi connectivity index (χ1n) is 6.48. The fraction of sp³-hybridized carbons (Fsp3) is 0.615. The second-order valence-corrected chi connectivity index (χ2v) is 5.15. The second kappa shape index (κ2) is 5.11. The Balaban J connectivity index is 2.24. The lowest BCUT2D eigenvalue weighted by atomic mass is 9.85. The molecule has 1 heterocycles. The number of carbonyl (C=O) groups is 1. The van der Waals surface area contributed by atoms with E-state index >= 15 is 0 Å². The predicted octanol–water partition coefficient (Wildman–Crippen LogP) is 2.23. The average Bonchev–Trinajstić information content (AvgIpc) is 2.75. The quantitative estimate of drug-likeness (QED) is 0.875. The molecule has 6 heteroatoms. The minimum absolute atomic E-state index is 0.103. The zero-order valence-corrected chi connectivity index (χ0v) is 11.1. The van der Waals surface area contributed by atoms with E-state index < -0.39 is 17.2 Å². The van der Waals surface area contributed by atoms with Crippen LogP contribution in [0.15, 0.2) is 6.33 Å². The molecule has 1 aromatic rings. The van der Waals surface area contributed by atoms with Crippen LogP contribution in [0.1, 0.15) is 38.8 Å². The van der Waals surface area contributed by atoms with Gasteiger partial charge in [-0.15, -0.1) is 0 Å². The van der Waals surface area contributed by atoms with Gasteiger partial charge in [-0.05, 0) is 26.2 Å². The Morgan fingerprint density at radius 3 is 3.00 bits per heavy atom. The molecule has 0 aliphatic heterocycles. The van der Waals surface area contributed by atoms with Crippen molar-refractivity contribution in [1.82, 2.24) is 9.97 Å². The first-order chi connectivity index (χ1) is 8.99. The molecule has 2 N–H and O–H groups in total. The lowest BCUT2D eigenvalue weighted by molar-refractivity contribution is -0.147. The molecule has 2 atom stereocenters. The topological polar surface area (TPSA) is 75.1 Å². The molecule has 0 spiro atoms. The zero-order chi connectivity index (χ0) is 14.0. The van der Waals surface area contributed by atoms with Gasteiger partial charge in [0.2, 0.25) is 0 Å². The Hall–Kier alpha value is -1.72. The van der Waals surface area contributed by atoms with E-state index in [4.69, 9.17) is 0 Å². The number of carboxylic acids is 1. The Kier molecular flexibility index (Phi) is 3.68. The Bertz CT molecular complexity index is 495. The van der Waals surface area contributed by atoms with Crippen molar-refractivity contribution in [3.05, 3.63) is 17.8 Å². The third kappa shape index (κ3) is 2.39. The number of hydrogen-bond acceptors (Lipinski definition) is 4. The van der Waals surface area contributed by atoms with Crippen molar-refractivity contribution in [2.45, 2.75) is 45.6 Å². The number of aromatic nitrogens is 2. The maximum Gasteiger partial charge on any atom is 0.311 e. The maximum absolute atomic E-state index is 14.0. The van der Waals surface area contributed by atoms with E-state index in [0.29, 0.717) is 25.0 Å². The minimum atomic E-state index is -0.871. The normalized spacial score (nSPS) is 26.4. The minimum Gasteiger partial charge on any atom is -0.481 e. The van der Waals surface area contributed by atoms with Crippen LogP contribution < -0.4 is 5.32 Å². The molecule has 104 valence electrons. The van der Waals surface area contributed by atoms with Gasteiger partial charge in [-0.1, -0.05) is 13.3 Å². The van der Waals surface area contributed by atoms with Crippen molar-refractivity contribution < 1.29 is 14.3 Å². The van der Waals surface area contributed by atoms with E-state index in [0.717, 1.165) is 6.42 Å². The van der Waals surface area contributed by atoms with Crippen LogP contribution in [0.5, 0.6) is 0 Å². The van der Waals surface area contributed by atoms with E-state index in [2.05, 4.69) is 15.3 Å². The Labute approximate surface area is 111 Å². The third-order valence-electron chi connectivity index (χ3n) is 3.95. The summed E-state index contributed by atoms with van der Waals surface area (Å²) in [6.07, 6.45) is 3.88. The first kappa shape index (κ1) is 13.7. The van der Waals surface area contributed by atoms with Crippen LogP contribution in [0.25, 0.3) is 0 Å². The summed E-state index contributed by atoms with van der Waals surface area (Å²) in [4.78, 5) is 19.1. The summed E-state index contributed by atoms with van der Waals surface area (Å²) in [5.41, 5.74) is -0.531. The summed E-state index contributed by atoms with van der Waals surface area (Å²) in [5.74, 6) is -1.23. The molecule has 0 radical (unpaired) electrons. The summed E-state index contributed by atoms with van der Waals surface area (Å²) in [6, 6.07) is -0.306. The smallest absolute Gasteiger partial charge is 0.311 e. The summed E-state index contributed by atoms with van der Waals surface area (Å²) in [6.45, 7) is 3.51. The highest BCUT2D eigenvalue weighted by Gasteiger charge is 2.45. The number of nitrogens with one attached hydrogen (secondary N) is 1. The molecule has 0 amide bonds. The Morgan fingerprint density at radius 1 is 1.63 bits per heavy atom. The van der Waals surface area contributed by atoms with Gasteiger partial charge in [0.15, 0.2) is 11.6 Å². The lowest BCUT2D eigenvalue weighted by Crippen LogP contribution is -2.40. The molecule has 19 heavy (non-hydrogen) atoms. The fourth-order valence-corrected chi connectivity index (χ4v) is 2.57. The first-order valence-corrected chi connectivity index (χ1v) is 6.48. The molecule has 2 unspecified atom stereocenters. The second-order valence-electron chi connectivity index (χ2n) is 5.15. The van der Waals surface area contributed by atoms with Crippen molar-refractivity contribution in [2.24, 2.45) is 5.41 Å². The van der Waals surface area contributed by atoms with Gasteiger partial charge in [0, 0.05) is 6.04 Å². The van der Waals surface area contributed by atoms with Crippen LogP contribution in [-0.4, -0.2) is 27.1 Å². The van der Waals surface area contributed by atoms with E-state index in [-0.39, 0.29) is 11.9 Å². The Morgan fingerprint density at radius 2 is 2.37 bits per heavy atom. The van der Waals surface area contributed by atoms with E-state index in [1.807, 2.05) is 6.92 Å². The highest BCUT2D eigenvalue weighted by atomic mass is 19.1. The highest BCUT2D eigenvalue weighted by Crippen LogP contribution is 2.40. The van der Waals surface area contributed by atoms with Crippen LogP contribution >= 0.6 is 0 Å². The van der Waals surface area contributed by atoms with Gasteiger partial charge in [-0.2, -0.15) is 0 Å². The maximum atomic E-state index is 14.0. The zero-order valence-electron chi connectivity index (χ0n) is 11.1. The number of halogens is 1. The van der Waals surface area contributed by atoms with E-state index in [9.17, 15) is 14.3 Å². The van der Waals surface area contributed by atoms with Crippen LogP contribution in [0.4, 0.5) is 10.2 Å². The molecule has 1 fully saturated rings. The number of carboxylic acid groups (broad SMARTS) is 1. The number of aryl methyl sites for hydroxylation is 1. The number of anilines is 1. The van der Waals surface area contributed by atoms with Gasteiger partial charge in [0.25, 0.3) is 0 Å². The summed E-state index contributed by atoms with van der Waals surface area (Å²) >= 11 is 0. The van der Waals surface area contributed by atoms with Gasteiger partial charge >= 0.3 is 5.97 Å². The largest absolute Gasteiger partial charge is 0.481 e. The van der Waals surface area contributed by atoms with Crippen LogP contribution in [-0.2, 0) is 11.2 Å². The molecule has 1 aromatic heterocycles. The number of hydrogen-bond donors (Lipinski definition) is 2. The summed E-state index contributed by atoms with van der Waals surface area (Å²) in [7, 11) is 0. The summed E-state index contributed by atoms with van der Waals surface area (Å²) in [5, 5.41) is 12.3.